The molecule has 0 fully saturated rings. The maximum atomic E-state index is 11.5. The predicted molar refractivity (Wildman–Crippen MR) is 77.7 cm³/mol. The molecule has 2 heterocycles. The van der Waals surface area contributed by atoms with Crippen LogP contribution in [0.4, 0.5) is 0 Å². The highest BCUT2D eigenvalue weighted by atomic mass is 16.6. The predicted octanol–water partition coefficient (Wildman–Crippen LogP) is 0.673. The van der Waals surface area contributed by atoms with E-state index in [-0.39, 0.29) is 11.7 Å². The molecule has 0 saturated carbocycles. The molecular formula is C15H17N3O3. The molecule has 0 aliphatic carbocycles. The van der Waals surface area contributed by atoms with E-state index in [0.29, 0.717) is 26.2 Å². The van der Waals surface area contributed by atoms with Gasteiger partial charge in [0.25, 0.3) is 5.56 Å². The average molecular weight is 287 g/mol. The zero-order valence-corrected chi connectivity index (χ0v) is 11.6. The van der Waals surface area contributed by atoms with Crippen LogP contribution in [0.2, 0.25) is 0 Å². The molecule has 1 N–H and O–H groups in total. The highest BCUT2D eigenvalue weighted by Gasteiger charge is 2.19. The maximum absolute atomic E-state index is 11.5. The number of ether oxygens (including phenoxy) is 2. The third kappa shape index (κ3) is 3.41. The van der Waals surface area contributed by atoms with Gasteiger partial charge in [-0.05, 0) is 18.2 Å². The van der Waals surface area contributed by atoms with Crippen molar-refractivity contribution in [2.24, 2.45) is 0 Å². The third-order valence-corrected chi connectivity index (χ3v) is 3.23. The van der Waals surface area contributed by atoms with Crippen molar-refractivity contribution in [1.29, 1.82) is 0 Å². The molecule has 0 amide bonds. The summed E-state index contributed by atoms with van der Waals surface area (Å²) in [7, 11) is 0. The van der Waals surface area contributed by atoms with E-state index in [9.17, 15) is 4.79 Å². The number of nitrogens with one attached hydrogen (secondary N) is 1. The van der Waals surface area contributed by atoms with Gasteiger partial charge in [-0.1, -0.05) is 12.1 Å². The minimum atomic E-state index is -0.0922. The van der Waals surface area contributed by atoms with E-state index in [1.165, 1.54) is 10.7 Å². The molecule has 110 valence electrons. The van der Waals surface area contributed by atoms with Crippen LogP contribution < -0.4 is 20.3 Å². The fourth-order valence-electron chi connectivity index (χ4n) is 2.17. The van der Waals surface area contributed by atoms with E-state index in [1.54, 1.807) is 12.3 Å². The molecule has 6 heteroatoms. The van der Waals surface area contributed by atoms with E-state index in [4.69, 9.17) is 9.47 Å². The quantitative estimate of drug-likeness (QED) is 0.819. The average Bonchev–Trinajstić information content (AvgIpc) is 2.53. The fraction of sp³-hybridized carbons (Fsp3) is 0.333. The van der Waals surface area contributed by atoms with Gasteiger partial charge >= 0.3 is 0 Å². The van der Waals surface area contributed by atoms with Gasteiger partial charge < -0.3 is 14.8 Å². The fourth-order valence-corrected chi connectivity index (χ4v) is 2.17. The van der Waals surface area contributed by atoms with E-state index in [1.807, 2.05) is 24.3 Å². The van der Waals surface area contributed by atoms with E-state index in [0.717, 1.165) is 11.5 Å². The molecule has 0 spiro atoms. The van der Waals surface area contributed by atoms with Crippen LogP contribution in [0.3, 0.4) is 0 Å². The van der Waals surface area contributed by atoms with Crippen LogP contribution in [0.25, 0.3) is 0 Å². The molecule has 0 saturated heterocycles. The first-order chi connectivity index (χ1) is 10.3. The second-order valence-electron chi connectivity index (χ2n) is 4.79. The van der Waals surface area contributed by atoms with Crippen LogP contribution in [-0.4, -0.2) is 35.6 Å². The normalized spacial score (nSPS) is 16.7. The van der Waals surface area contributed by atoms with Gasteiger partial charge in [-0.2, -0.15) is 5.10 Å². The Morgan fingerprint density at radius 1 is 1.24 bits per heavy atom. The molecule has 1 aliphatic rings. The van der Waals surface area contributed by atoms with Gasteiger partial charge in [0, 0.05) is 25.4 Å². The lowest BCUT2D eigenvalue weighted by Gasteiger charge is -2.26. The summed E-state index contributed by atoms with van der Waals surface area (Å²) in [5, 5.41) is 7.26. The van der Waals surface area contributed by atoms with Crippen molar-refractivity contribution in [1.82, 2.24) is 15.1 Å². The van der Waals surface area contributed by atoms with Crippen LogP contribution >= 0.6 is 0 Å². The molecule has 21 heavy (non-hydrogen) atoms. The van der Waals surface area contributed by atoms with Crippen molar-refractivity contribution >= 4 is 0 Å². The summed E-state index contributed by atoms with van der Waals surface area (Å²) in [6.45, 7) is 2.37. The summed E-state index contributed by atoms with van der Waals surface area (Å²) in [5.74, 6) is 1.56. The van der Waals surface area contributed by atoms with Gasteiger partial charge in [-0.3, -0.25) is 4.79 Å². The minimum absolute atomic E-state index is 0.0274. The zero-order valence-electron chi connectivity index (χ0n) is 11.6. The number of hydrogen-bond donors (Lipinski definition) is 1. The van der Waals surface area contributed by atoms with Crippen LogP contribution in [0, 0.1) is 0 Å². The van der Waals surface area contributed by atoms with Crippen molar-refractivity contribution < 1.29 is 9.47 Å². The van der Waals surface area contributed by atoms with Crippen LogP contribution in [-0.2, 0) is 6.54 Å². The standard InChI is InChI=1S/C15H17N3O3/c19-15-6-3-7-17-18(15)9-8-16-10-12-11-20-13-4-1-2-5-14(13)21-12/h1-7,12,16H,8-11H2. The Morgan fingerprint density at radius 2 is 2.10 bits per heavy atom. The molecular weight excluding hydrogens is 270 g/mol. The summed E-state index contributed by atoms with van der Waals surface area (Å²) in [5.41, 5.74) is -0.0922. The first-order valence-electron chi connectivity index (χ1n) is 6.94. The van der Waals surface area contributed by atoms with Crippen molar-refractivity contribution in [3.63, 3.8) is 0 Å². The Kier molecular flexibility index (Phi) is 4.16. The number of hydrogen-bond acceptors (Lipinski definition) is 5. The summed E-state index contributed by atoms with van der Waals surface area (Å²) in [4.78, 5) is 11.5. The summed E-state index contributed by atoms with van der Waals surface area (Å²) in [6, 6.07) is 10.8. The Labute approximate surface area is 122 Å². The second-order valence-corrected chi connectivity index (χ2v) is 4.79. The Morgan fingerprint density at radius 3 is 2.95 bits per heavy atom. The highest BCUT2D eigenvalue weighted by molar-refractivity contribution is 5.40. The molecule has 1 unspecified atom stereocenters. The summed E-state index contributed by atoms with van der Waals surface area (Å²) < 4.78 is 12.9. The number of fused-ring (bicyclic) bond motifs is 1. The zero-order chi connectivity index (χ0) is 14.5. The molecule has 1 aromatic carbocycles. The monoisotopic (exact) mass is 287 g/mol. The minimum Gasteiger partial charge on any atom is -0.486 e. The highest BCUT2D eigenvalue weighted by Crippen LogP contribution is 2.30. The van der Waals surface area contributed by atoms with Crippen molar-refractivity contribution in [3.8, 4) is 11.5 Å². The molecule has 1 aromatic heterocycles. The number of benzene rings is 1. The number of aromatic nitrogens is 2. The van der Waals surface area contributed by atoms with Crippen LogP contribution in [0.15, 0.2) is 47.4 Å². The van der Waals surface area contributed by atoms with Gasteiger partial charge in [-0.15, -0.1) is 0 Å². The van der Waals surface area contributed by atoms with Crippen molar-refractivity contribution in [2.45, 2.75) is 12.6 Å². The van der Waals surface area contributed by atoms with Crippen molar-refractivity contribution in [3.05, 3.63) is 52.9 Å². The lowest BCUT2D eigenvalue weighted by molar-refractivity contribution is 0.0903. The smallest absolute Gasteiger partial charge is 0.266 e. The molecule has 0 bridgehead atoms. The van der Waals surface area contributed by atoms with Crippen LogP contribution in [0.1, 0.15) is 0 Å². The van der Waals surface area contributed by atoms with Gasteiger partial charge in [0.1, 0.15) is 12.7 Å². The first-order valence-corrected chi connectivity index (χ1v) is 6.94. The lowest BCUT2D eigenvalue weighted by Crippen LogP contribution is -2.40. The van der Waals surface area contributed by atoms with Gasteiger partial charge in [-0.25, -0.2) is 4.68 Å². The number of rotatable bonds is 5. The first kappa shape index (κ1) is 13.6. The Bertz CT molecular complexity index is 656. The van der Waals surface area contributed by atoms with Gasteiger partial charge in [0.05, 0.1) is 6.54 Å². The summed E-state index contributed by atoms with van der Waals surface area (Å²) in [6.07, 6.45) is 1.58. The molecule has 3 rings (SSSR count). The lowest BCUT2D eigenvalue weighted by atomic mass is 10.2. The molecule has 1 aliphatic heterocycles. The largest absolute Gasteiger partial charge is 0.486 e. The van der Waals surface area contributed by atoms with E-state index in [2.05, 4.69) is 10.4 Å². The topological polar surface area (TPSA) is 65.4 Å². The summed E-state index contributed by atoms with van der Waals surface area (Å²) >= 11 is 0. The number of para-hydroxylation sites is 2. The van der Waals surface area contributed by atoms with Crippen LogP contribution in [0.5, 0.6) is 11.5 Å². The molecule has 2 aromatic rings. The van der Waals surface area contributed by atoms with E-state index < -0.39 is 0 Å². The number of nitrogens with zero attached hydrogens (tertiary/aromatic N) is 2. The molecule has 1 atom stereocenters. The van der Waals surface area contributed by atoms with Gasteiger partial charge in [0.2, 0.25) is 0 Å². The maximum Gasteiger partial charge on any atom is 0.266 e. The SMILES string of the molecule is O=c1cccnn1CCNCC1COc2ccccc2O1. The molecule has 6 nitrogen and oxygen atoms in total. The third-order valence-electron chi connectivity index (χ3n) is 3.23. The Hall–Kier alpha value is -2.34. The van der Waals surface area contributed by atoms with E-state index >= 15 is 0 Å². The van der Waals surface area contributed by atoms with Gasteiger partial charge in [0.15, 0.2) is 11.5 Å². The molecule has 0 radical (unpaired) electrons. The Balaban J connectivity index is 1.45. The van der Waals surface area contributed by atoms with Crippen molar-refractivity contribution in [2.75, 3.05) is 19.7 Å². The second kappa shape index (κ2) is 6.41.